The molecule has 1 unspecified atom stereocenters. The Balaban J connectivity index is 1.59. The minimum atomic E-state index is -0.137. The SMILES string of the molecule is O=C1CC(c2ccc3c(c2)OCO3)c2ncn(-c3ccc(Cl)cc3)c2N1. The van der Waals surface area contributed by atoms with Crippen molar-refractivity contribution in [3.05, 3.63) is 65.1 Å². The number of benzene rings is 2. The second-order valence-electron chi connectivity index (χ2n) is 6.24. The molecule has 6 nitrogen and oxygen atoms in total. The summed E-state index contributed by atoms with van der Waals surface area (Å²) in [5.74, 6) is 1.93. The molecule has 1 aromatic heterocycles. The van der Waals surface area contributed by atoms with Crippen LogP contribution in [0.1, 0.15) is 23.6 Å². The number of carbonyl (C=O) groups is 1. The Morgan fingerprint density at radius 1 is 1.12 bits per heavy atom. The summed E-state index contributed by atoms with van der Waals surface area (Å²) in [6.07, 6.45) is 2.06. The quantitative estimate of drug-likeness (QED) is 0.749. The maximum Gasteiger partial charge on any atom is 0.231 e. The number of nitrogens with zero attached hydrogens (tertiary/aromatic N) is 2. The molecular weight excluding hydrogens is 354 g/mol. The van der Waals surface area contributed by atoms with E-state index in [0.29, 0.717) is 23.0 Å². The Morgan fingerprint density at radius 2 is 1.92 bits per heavy atom. The third-order valence-corrected chi connectivity index (χ3v) is 4.93. The highest BCUT2D eigenvalue weighted by Gasteiger charge is 2.32. The summed E-state index contributed by atoms with van der Waals surface area (Å²) in [6, 6.07) is 13.2. The third-order valence-electron chi connectivity index (χ3n) is 4.68. The maximum atomic E-state index is 12.3. The molecule has 2 aromatic carbocycles. The average molecular weight is 368 g/mol. The molecule has 0 spiro atoms. The van der Waals surface area contributed by atoms with E-state index in [1.54, 1.807) is 6.33 Å². The molecule has 2 aliphatic rings. The van der Waals surface area contributed by atoms with Crippen molar-refractivity contribution in [3.63, 3.8) is 0 Å². The number of rotatable bonds is 2. The minimum absolute atomic E-state index is 0.0455. The van der Waals surface area contributed by atoms with Crippen molar-refractivity contribution < 1.29 is 14.3 Å². The number of hydrogen-bond acceptors (Lipinski definition) is 4. The zero-order valence-corrected chi connectivity index (χ0v) is 14.4. The number of ether oxygens (including phenoxy) is 2. The van der Waals surface area contributed by atoms with Gasteiger partial charge in [0.1, 0.15) is 12.1 Å². The summed E-state index contributed by atoms with van der Waals surface area (Å²) in [6.45, 7) is 0.223. The molecule has 130 valence electrons. The molecule has 26 heavy (non-hydrogen) atoms. The molecule has 0 fully saturated rings. The monoisotopic (exact) mass is 367 g/mol. The fourth-order valence-corrected chi connectivity index (χ4v) is 3.54. The van der Waals surface area contributed by atoms with Crippen LogP contribution in [0.2, 0.25) is 5.02 Å². The van der Waals surface area contributed by atoms with E-state index in [1.807, 2.05) is 47.0 Å². The minimum Gasteiger partial charge on any atom is -0.454 e. The van der Waals surface area contributed by atoms with E-state index in [2.05, 4.69) is 10.3 Å². The highest BCUT2D eigenvalue weighted by molar-refractivity contribution is 6.30. The Hall–Kier alpha value is -2.99. The lowest BCUT2D eigenvalue weighted by molar-refractivity contribution is -0.116. The van der Waals surface area contributed by atoms with Crippen LogP contribution in [-0.2, 0) is 4.79 Å². The predicted octanol–water partition coefficient (Wildman–Crippen LogP) is 3.73. The zero-order chi connectivity index (χ0) is 17.7. The van der Waals surface area contributed by atoms with Gasteiger partial charge < -0.3 is 14.8 Å². The second-order valence-corrected chi connectivity index (χ2v) is 6.68. The van der Waals surface area contributed by atoms with Gasteiger partial charge in [-0.25, -0.2) is 4.98 Å². The van der Waals surface area contributed by atoms with Gasteiger partial charge in [-0.05, 0) is 42.0 Å². The topological polar surface area (TPSA) is 65.4 Å². The Kier molecular flexibility index (Phi) is 3.39. The van der Waals surface area contributed by atoms with Crippen LogP contribution in [0.3, 0.4) is 0 Å². The number of anilines is 1. The fraction of sp³-hybridized carbons (Fsp3) is 0.158. The predicted molar refractivity (Wildman–Crippen MR) is 96.2 cm³/mol. The first kappa shape index (κ1) is 15.3. The largest absolute Gasteiger partial charge is 0.454 e. The van der Waals surface area contributed by atoms with Gasteiger partial charge >= 0.3 is 0 Å². The number of halogens is 1. The summed E-state index contributed by atoms with van der Waals surface area (Å²) in [4.78, 5) is 16.9. The number of amides is 1. The molecule has 0 saturated carbocycles. The second kappa shape index (κ2) is 5.78. The van der Waals surface area contributed by atoms with Crippen LogP contribution in [0.5, 0.6) is 11.5 Å². The number of hydrogen-bond donors (Lipinski definition) is 1. The number of carbonyl (C=O) groups excluding carboxylic acids is 1. The van der Waals surface area contributed by atoms with Gasteiger partial charge in [-0.3, -0.25) is 9.36 Å². The van der Waals surface area contributed by atoms with Gasteiger partial charge in [0.05, 0.1) is 5.69 Å². The summed E-state index contributed by atoms with van der Waals surface area (Å²) in [5, 5.41) is 3.60. The van der Waals surface area contributed by atoms with Crippen LogP contribution in [0.15, 0.2) is 48.8 Å². The van der Waals surface area contributed by atoms with Gasteiger partial charge in [-0.15, -0.1) is 0 Å². The molecule has 0 bridgehead atoms. The van der Waals surface area contributed by atoms with E-state index < -0.39 is 0 Å². The van der Waals surface area contributed by atoms with Crippen molar-refractivity contribution in [1.82, 2.24) is 9.55 Å². The smallest absolute Gasteiger partial charge is 0.231 e. The van der Waals surface area contributed by atoms with Crippen LogP contribution >= 0.6 is 11.6 Å². The molecule has 1 atom stereocenters. The van der Waals surface area contributed by atoms with Crippen molar-refractivity contribution in [2.45, 2.75) is 12.3 Å². The molecule has 5 rings (SSSR count). The first-order chi connectivity index (χ1) is 12.7. The molecule has 7 heteroatoms. The van der Waals surface area contributed by atoms with Crippen LogP contribution < -0.4 is 14.8 Å². The molecule has 2 aliphatic heterocycles. The fourth-order valence-electron chi connectivity index (χ4n) is 3.41. The maximum absolute atomic E-state index is 12.3. The summed E-state index contributed by atoms with van der Waals surface area (Å²) in [5.41, 5.74) is 2.69. The summed E-state index contributed by atoms with van der Waals surface area (Å²) >= 11 is 5.97. The average Bonchev–Trinajstić information content (AvgIpc) is 3.27. The van der Waals surface area contributed by atoms with E-state index in [0.717, 1.165) is 22.7 Å². The van der Waals surface area contributed by atoms with Crippen molar-refractivity contribution in [2.24, 2.45) is 0 Å². The number of fused-ring (bicyclic) bond motifs is 2. The van der Waals surface area contributed by atoms with Gasteiger partial charge in [0.15, 0.2) is 11.5 Å². The Labute approximate surface area is 154 Å². The lowest BCUT2D eigenvalue weighted by Gasteiger charge is -2.23. The zero-order valence-electron chi connectivity index (χ0n) is 13.6. The van der Waals surface area contributed by atoms with Gasteiger partial charge in [-0.1, -0.05) is 17.7 Å². The van der Waals surface area contributed by atoms with Gasteiger partial charge in [0, 0.05) is 23.0 Å². The third kappa shape index (κ3) is 2.42. The molecule has 3 heterocycles. The van der Waals surface area contributed by atoms with E-state index in [9.17, 15) is 4.79 Å². The van der Waals surface area contributed by atoms with Gasteiger partial charge in [0.2, 0.25) is 12.7 Å². The Morgan fingerprint density at radius 3 is 2.77 bits per heavy atom. The molecule has 1 N–H and O–H groups in total. The highest BCUT2D eigenvalue weighted by atomic mass is 35.5. The van der Waals surface area contributed by atoms with Gasteiger partial charge in [-0.2, -0.15) is 0 Å². The van der Waals surface area contributed by atoms with Crippen molar-refractivity contribution in [1.29, 1.82) is 0 Å². The summed E-state index contributed by atoms with van der Waals surface area (Å²) < 4.78 is 12.7. The first-order valence-electron chi connectivity index (χ1n) is 8.21. The molecule has 0 radical (unpaired) electrons. The standard InChI is InChI=1S/C19H14ClN3O3/c20-12-2-4-13(5-3-12)23-9-21-18-14(8-17(24)22-19(18)23)11-1-6-15-16(7-11)26-10-25-15/h1-7,9,14H,8,10H2,(H,22,24). The van der Waals surface area contributed by atoms with Crippen molar-refractivity contribution in [2.75, 3.05) is 12.1 Å². The number of imidazole rings is 1. The van der Waals surface area contributed by atoms with Crippen molar-refractivity contribution in [3.8, 4) is 17.2 Å². The van der Waals surface area contributed by atoms with Crippen molar-refractivity contribution >= 4 is 23.3 Å². The number of aromatic nitrogens is 2. The van der Waals surface area contributed by atoms with Gasteiger partial charge in [0.25, 0.3) is 0 Å². The molecular formula is C19H14ClN3O3. The van der Waals surface area contributed by atoms with E-state index >= 15 is 0 Å². The molecule has 1 amide bonds. The van der Waals surface area contributed by atoms with Crippen LogP contribution in [0.4, 0.5) is 5.82 Å². The van der Waals surface area contributed by atoms with Crippen LogP contribution in [0.25, 0.3) is 5.69 Å². The first-order valence-corrected chi connectivity index (χ1v) is 8.59. The Bertz CT molecular complexity index is 1010. The summed E-state index contributed by atoms with van der Waals surface area (Å²) in [7, 11) is 0. The van der Waals surface area contributed by atoms with E-state index in [-0.39, 0.29) is 18.6 Å². The molecule has 0 saturated heterocycles. The molecule has 3 aromatic rings. The lowest BCUT2D eigenvalue weighted by atomic mass is 9.89. The molecule has 0 aliphatic carbocycles. The van der Waals surface area contributed by atoms with Crippen LogP contribution in [-0.4, -0.2) is 22.3 Å². The lowest BCUT2D eigenvalue weighted by Crippen LogP contribution is -2.24. The van der Waals surface area contributed by atoms with E-state index in [1.165, 1.54) is 0 Å². The van der Waals surface area contributed by atoms with Crippen LogP contribution in [0, 0.1) is 0 Å². The van der Waals surface area contributed by atoms with E-state index in [4.69, 9.17) is 21.1 Å². The number of nitrogens with one attached hydrogen (secondary N) is 1. The normalized spacial score (nSPS) is 17.7. The highest BCUT2D eigenvalue weighted by Crippen LogP contribution is 2.41.